The molecule has 5 heteroatoms. The Morgan fingerprint density at radius 2 is 2.05 bits per heavy atom. The predicted molar refractivity (Wildman–Crippen MR) is 73.3 cm³/mol. The van der Waals surface area contributed by atoms with E-state index in [1.54, 1.807) is 17.9 Å². The smallest absolute Gasteiger partial charge is 0.155 e. The van der Waals surface area contributed by atoms with Crippen molar-refractivity contribution in [1.29, 1.82) is 0 Å². The quantitative estimate of drug-likeness (QED) is 0.763. The van der Waals surface area contributed by atoms with E-state index in [0.29, 0.717) is 17.3 Å². The van der Waals surface area contributed by atoms with Crippen molar-refractivity contribution in [2.45, 2.75) is 6.92 Å². The zero-order valence-corrected chi connectivity index (χ0v) is 10.8. The molecule has 0 amide bonds. The molecule has 3 heterocycles. The minimum Gasteiger partial charge on any atom is -0.460 e. The van der Waals surface area contributed by atoms with Gasteiger partial charge in [-0.3, -0.25) is 9.67 Å². The maximum absolute atomic E-state index is 6.10. The van der Waals surface area contributed by atoms with Crippen molar-refractivity contribution in [3.05, 3.63) is 42.3 Å². The second-order valence-electron chi connectivity index (χ2n) is 4.36. The van der Waals surface area contributed by atoms with Crippen LogP contribution in [-0.2, 0) is 7.05 Å². The number of aryl methyl sites for hydroxylation is 2. The fraction of sp³-hybridized carbons (Fsp3) is 0.143. The van der Waals surface area contributed by atoms with E-state index in [1.807, 2.05) is 37.3 Å². The van der Waals surface area contributed by atoms with Crippen LogP contribution in [0.15, 0.2) is 40.9 Å². The van der Waals surface area contributed by atoms with Gasteiger partial charge in [0.1, 0.15) is 17.3 Å². The van der Waals surface area contributed by atoms with Gasteiger partial charge in [0.15, 0.2) is 5.76 Å². The van der Waals surface area contributed by atoms with Crippen LogP contribution in [0.2, 0.25) is 0 Å². The summed E-state index contributed by atoms with van der Waals surface area (Å²) in [5.41, 5.74) is 8.41. The number of hydrogen-bond donors (Lipinski definition) is 1. The molecule has 2 N–H and O–H groups in total. The molecule has 0 aliphatic heterocycles. The summed E-state index contributed by atoms with van der Waals surface area (Å²) in [6.07, 6.45) is 1.74. The Kier molecular flexibility index (Phi) is 2.59. The van der Waals surface area contributed by atoms with E-state index in [4.69, 9.17) is 10.2 Å². The van der Waals surface area contributed by atoms with E-state index in [9.17, 15) is 0 Å². The molecule has 0 aromatic carbocycles. The topological polar surface area (TPSA) is 69.9 Å². The molecule has 0 spiro atoms. The summed E-state index contributed by atoms with van der Waals surface area (Å²) in [4.78, 5) is 4.34. The van der Waals surface area contributed by atoms with E-state index in [0.717, 1.165) is 17.0 Å². The number of nitrogens with zero attached hydrogens (tertiary/aromatic N) is 3. The Labute approximate surface area is 110 Å². The molecular weight excluding hydrogens is 240 g/mol. The van der Waals surface area contributed by atoms with Crippen LogP contribution in [0.25, 0.3) is 22.7 Å². The maximum atomic E-state index is 6.10. The van der Waals surface area contributed by atoms with Crippen LogP contribution in [-0.4, -0.2) is 14.8 Å². The molecule has 0 fully saturated rings. The van der Waals surface area contributed by atoms with Gasteiger partial charge in [-0.15, -0.1) is 0 Å². The number of hydrogen-bond acceptors (Lipinski definition) is 4. The zero-order valence-electron chi connectivity index (χ0n) is 10.8. The molecule has 0 radical (unpaired) electrons. The molecular formula is C14H14N4O. The Morgan fingerprint density at radius 3 is 2.68 bits per heavy atom. The third-order valence-electron chi connectivity index (χ3n) is 2.99. The molecule has 0 aliphatic carbocycles. The average molecular weight is 254 g/mol. The van der Waals surface area contributed by atoms with Crippen LogP contribution in [0.4, 0.5) is 5.82 Å². The molecule has 5 nitrogen and oxygen atoms in total. The van der Waals surface area contributed by atoms with Gasteiger partial charge in [0.05, 0.1) is 11.3 Å². The third kappa shape index (κ3) is 1.89. The zero-order chi connectivity index (χ0) is 13.4. The second kappa shape index (κ2) is 4.28. The maximum Gasteiger partial charge on any atom is 0.155 e. The molecule has 3 rings (SSSR count). The van der Waals surface area contributed by atoms with Gasteiger partial charge in [-0.2, -0.15) is 5.10 Å². The molecule has 96 valence electrons. The molecule has 3 aromatic heterocycles. The second-order valence-corrected chi connectivity index (χ2v) is 4.36. The first kappa shape index (κ1) is 11.5. The lowest BCUT2D eigenvalue weighted by Gasteiger charge is -2.01. The van der Waals surface area contributed by atoms with Crippen molar-refractivity contribution < 1.29 is 4.42 Å². The normalized spacial score (nSPS) is 10.8. The van der Waals surface area contributed by atoms with Crippen molar-refractivity contribution in [3.8, 4) is 22.7 Å². The van der Waals surface area contributed by atoms with Gasteiger partial charge >= 0.3 is 0 Å². The third-order valence-corrected chi connectivity index (χ3v) is 2.99. The van der Waals surface area contributed by atoms with Crippen LogP contribution in [0.5, 0.6) is 0 Å². The van der Waals surface area contributed by atoms with Crippen molar-refractivity contribution >= 4 is 5.82 Å². The van der Waals surface area contributed by atoms with Crippen LogP contribution in [0, 0.1) is 6.92 Å². The Balaban J connectivity index is 2.24. The number of rotatable bonds is 2. The van der Waals surface area contributed by atoms with Crippen molar-refractivity contribution in [3.63, 3.8) is 0 Å². The minimum atomic E-state index is 0.572. The number of pyridine rings is 1. The summed E-state index contributed by atoms with van der Waals surface area (Å²) in [5, 5.41) is 4.43. The fourth-order valence-electron chi connectivity index (χ4n) is 2.03. The molecule has 19 heavy (non-hydrogen) atoms. The predicted octanol–water partition coefficient (Wildman–Crippen LogP) is 2.63. The SMILES string of the molecule is Cc1ccc(-c2nn(C)c(N)c2-c2ccccn2)o1. The monoisotopic (exact) mass is 254 g/mol. The molecule has 3 aromatic rings. The average Bonchev–Trinajstić information content (AvgIpc) is 2.96. The molecule has 0 saturated carbocycles. The number of anilines is 1. The standard InChI is InChI=1S/C14H14N4O/c1-9-6-7-11(19-9)13-12(14(15)18(2)17-13)10-5-3-4-8-16-10/h3-8H,15H2,1-2H3. The summed E-state index contributed by atoms with van der Waals surface area (Å²) in [5.74, 6) is 2.11. The molecule has 0 unspecified atom stereocenters. The summed E-state index contributed by atoms with van der Waals surface area (Å²) < 4.78 is 7.28. The highest BCUT2D eigenvalue weighted by molar-refractivity contribution is 5.84. The lowest BCUT2D eigenvalue weighted by atomic mass is 10.1. The molecule has 0 atom stereocenters. The Bertz CT molecular complexity index is 712. The number of aromatic nitrogens is 3. The lowest BCUT2D eigenvalue weighted by Crippen LogP contribution is -1.98. The van der Waals surface area contributed by atoms with Gasteiger partial charge in [-0.05, 0) is 31.2 Å². The van der Waals surface area contributed by atoms with Gasteiger partial charge in [-0.1, -0.05) is 6.07 Å². The van der Waals surface area contributed by atoms with Crippen molar-refractivity contribution in [2.24, 2.45) is 7.05 Å². The fourth-order valence-corrected chi connectivity index (χ4v) is 2.03. The largest absolute Gasteiger partial charge is 0.460 e. The van der Waals surface area contributed by atoms with Crippen molar-refractivity contribution in [2.75, 3.05) is 5.73 Å². The van der Waals surface area contributed by atoms with Gasteiger partial charge in [0, 0.05) is 13.2 Å². The summed E-state index contributed by atoms with van der Waals surface area (Å²) >= 11 is 0. The molecule has 0 aliphatic rings. The lowest BCUT2D eigenvalue weighted by molar-refractivity contribution is 0.545. The van der Waals surface area contributed by atoms with Gasteiger partial charge < -0.3 is 10.2 Å². The highest BCUT2D eigenvalue weighted by Gasteiger charge is 2.20. The van der Waals surface area contributed by atoms with Crippen molar-refractivity contribution in [1.82, 2.24) is 14.8 Å². The highest BCUT2D eigenvalue weighted by atomic mass is 16.3. The first-order valence-electron chi connectivity index (χ1n) is 5.97. The van der Waals surface area contributed by atoms with Crippen LogP contribution < -0.4 is 5.73 Å². The first-order chi connectivity index (χ1) is 9.16. The summed E-state index contributed by atoms with van der Waals surface area (Å²) in [6.45, 7) is 1.90. The first-order valence-corrected chi connectivity index (χ1v) is 5.97. The van der Waals surface area contributed by atoms with E-state index >= 15 is 0 Å². The van der Waals surface area contributed by atoms with Crippen LogP contribution in [0.3, 0.4) is 0 Å². The van der Waals surface area contributed by atoms with Crippen LogP contribution in [0.1, 0.15) is 5.76 Å². The van der Waals surface area contributed by atoms with Gasteiger partial charge in [-0.25, -0.2) is 0 Å². The van der Waals surface area contributed by atoms with E-state index < -0.39 is 0 Å². The number of nitrogens with two attached hydrogens (primary N) is 1. The Morgan fingerprint density at radius 1 is 1.21 bits per heavy atom. The Hall–Kier alpha value is -2.56. The minimum absolute atomic E-state index is 0.572. The summed E-state index contributed by atoms with van der Waals surface area (Å²) in [6, 6.07) is 9.50. The van der Waals surface area contributed by atoms with E-state index in [2.05, 4.69) is 10.1 Å². The van der Waals surface area contributed by atoms with Gasteiger partial charge in [0.2, 0.25) is 0 Å². The summed E-state index contributed by atoms with van der Waals surface area (Å²) in [7, 11) is 1.81. The number of furan rings is 1. The number of nitrogen functional groups attached to an aromatic ring is 1. The molecule has 0 bridgehead atoms. The van der Waals surface area contributed by atoms with Gasteiger partial charge in [0.25, 0.3) is 0 Å². The van der Waals surface area contributed by atoms with E-state index in [-0.39, 0.29) is 0 Å². The van der Waals surface area contributed by atoms with Crippen LogP contribution >= 0.6 is 0 Å². The highest BCUT2D eigenvalue weighted by Crippen LogP contribution is 2.35. The molecule has 0 saturated heterocycles. The van der Waals surface area contributed by atoms with E-state index in [1.165, 1.54) is 0 Å².